The molecule has 0 aliphatic carbocycles. The van der Waals surface area contributed by atoms with Gasteiger partial charge >= 0.3 is 59.8 Å². The van der Waals surface area contributed by atoms with Gasteiger partial charge in [-0.25, -0.2) is 0 Å². The number of quaternary nitrogens is 1. The number of phosphoric ester groups is 1. The summed E-state index contributed by atoms with van der Waals surface area (Å²) in [6.07, 6.45) is -15.3. The summed E-state index contributed by atoms with van der Waals surface area (Å²) in [5.74, 6) is -29.3. The van der Waals surface area contributed by atoms with Crippen LogP contribution in [0.5, 0.6) is 0 Å². The minimum Gasteiger partial charge on any atom is -0.756 e. The lowest BCUT2D eigenvalue weighted by atomic mass is 9.98. The van der Waals surface area contributed by atoms with E-state index in [1.165, 1.54) is 0 Å². The highest BCUT2D eigenvalue weighted by atomic mass is 31.2. The van der Waals surface area contributed by atoms with Crippen molar-refractivity contribution in [2.75, 3.05) is 47.5 Å². The number of ether oxygens (including phenoxy) is 2. The third-order valence-corrected chi connectivity index (χ3v) is 11.2. The van der Waals surface area contributed by atoms with Crippen LogP contribution in [0.2, 0.25) is 0 Å². The van der Waals surface area contributed by atoms with Crippen molar-refractivity contribution >= 4 is 19.8 Å². The molecule has 0 spiro atoms. The fraction of sp³-hybridized carbons (Fsp3) is 0.864. The Morgan fingerprint density at radius 2 is 0.833 bits per heavy atom. The third kappa shape index (κ3) is 24.9. The molecule has 2 atom stereocenters. The fourth-order valence-corrected chi connectivity index (χ4v) is 6.62. The Kier molecular flexibility index (Phi) is 29.1. The average molecular weight is 1110 g/mol. The topological polar surface area (TPSA) is 111 Å². The van der Waals surface area contributed by atoms with E-state index in [4.69, 9.17) is 18.5 Å². The molecule has 1 unspecified atom stereocenters. The number of carbonyl (C=O) groups is 2. The van der Waals surface area contributed by atoms with E-state index in [2.05, 4.69) is 23.7 Å². The summed E-state index contributed by atoms with van der Waals surface area (Å²) in [5, 5.41) is 0. The second-order valence-electron chi connectivity index (χ2n) is 17.7. The number of esters is 2. The van der Waals surface area contributed by atoms with Crippen molar-refractivity contribution in [3.05, 3.63) is 0 Å². The molecule has 0 bridgehead atoms. The van der Waals surface area contributed by atoms with Crippen molar-refractivity contribution in [3.8, 4) is 23.7 Å². The van der Waals surface area contributed by atoms with E-state index in [1.54, 1.807) is 21.1 Å². The van der Waals surface area contributed by atoms with Gasteiger partial charge in [-0.2, -0.15) is 79.0 Å². The standard InChI is InChI=1S/C44H62F18NO8P/c1-63(2,3)30-31-69-72(66,67)70-33-34(71-36(65)27-23-19-15-11-7-5-9-13-17-21-25-29-38(47,48)40(51,52)42(55,56)44(60,61)62)32-68-35(64)26-22-18-14-10-6-4-8-12-16-20-24-28-37(45,46)39(49,50)41(53,54)43(57,58)59/h34H,4-7,10-11,14-33H2,1-3H3/t34-/m1/s1. The van der Waals surface area contributed by atoms with Crippen molar-refractivity contribution in [1.29, 1.82) is 0 Å². The summed E-state index contributed by atoms with van der Waals surface area (Å²) in [6, 6.07) is 0. The molecule has 0 saturated carbocycles. The summed E-state index contributed by atoms with van der Waals surface area (Å²) >= 11 is 0. The number of halogens is 18. The van der Waals surface area contributed by atoms with Crippen LogP contribution in [0.25, 0.3) is 0 Å². The van der Waals surface area contributed by atoms with Gasteiger partial charge in [-0.15, -0.1) is 23.7 Å². The Labute approximate surface area is 407 Å². The van der Waals surface area contributed by atoms with E-state index in [-0.39, 0.29) is 45.1 Å². The van der Waals surface area contributed by atoms with Crippen LogP contribution in [0, 0.1) is 23.7 Å². The van der Waals surface area contributed by atoms with Crippen molar-refractivity contribution in [1.82, 2.24) is 0 Å². The largest absolute Gasteiger partial charge is 0.756 e. The Hall–Kier alpha value is -3.13. The van der Waals surface area contributed by atoms with Gasteiger partial charge in [-0.1, -0.05) is 38.5 Å². The molecular weight excluding hydrogens is 1040 g/mol. The van der Waals surface area contributed by atoms with Crippen molar-refractivity contribution in [3.63, 3.8) is 0 Å². The monoisotopic (exact) mass is 1110 g/mol. The van der Waals surface area contributed by atoms with E-state index in [1.807, 2.05) is 0 Å². The number of phosphoric acid groups is 1. The molecule has 0 amide bonds. The molecule has 0 heterocycles. The minimum atomic E-state index is -6.93. The highest BCUT2D eigenvalue weighted by molar-refractivity contribution is 7.45. The van der Waals surface area contributed by atoms with Crippen molar-refractivity contribution in [2.45, 2.75) is 195 Å². The first kappa shape index (κ1) is 68.9. The summed E-state index contributed by atoms with van der Waals surface area (Å²) in [7, 11) is 0.498. The van der Waals surface area contributed by atoms with Gasteiger partial charge in [0.15, 0.2) is 6.10 Å². The number of unbranched alkanes of at least 4 members (excludes halogenated alkanes) is 14. The van der Waals surface area contributed by atoms with Crippen LogP contribution < -0.4 is 4.89 Å². The first-order chi connectivity index (χ1) is 32.8. The zero-order chi connectivity index (χ0) is 55.8. The molecule has 0 aliphatic heterocycles. The molecule has 0 aliphatic rings. The number of hydrogen-bond acceptors (Lipinski definition) is 8. The number of hydrogen-bond donors (Lipinski definition) is 0. The molecule has 0 radical (unpaired) electrons. The van der Waals surface area contributed by atoms with Crippen LogP contribution in [0.15, 0.2) is 0 Å². The van der Waals surface area contributed by atoms with Crippen molar-refractivity contribution in [2.24, 2.45) is 0 Å². The van der Waals surface area contributed by atoms with Crippen LogP contribution in [0.1, 0.15) is 141 Å². The SMILES string of the molecule is C[N+](C)(C)CCOP(=O)([O-])OC[C@@H](COC(=O)CCCCCCCC#CCCCCC(F)(F)C(F)(F)C(F)(F)C(F)(F)F)OC(=O)CCCCCCCC#CCCCCC(F)(F)C(F)(F)C(F)(F)C(F)(F)F. The highest BCUT2D eigenvalue weighted by Crippen LogP contribution is 2.55. The Bertz CT molecular complexity index is 1790. The van der Waals surface area contributed by atoms with Gasteiger partial charge < -0.3 is 27.9 Å². The average Bonchev–Trinajstić information content (AvgIpc) is 3.23. The first-order valence-corrected chi connectivity index (χ1v) is 24.3. The Morgan fingerprint density at radius 3 is 1.21 bits per heavy atom. The van der Waals surface area contributed by atoms with E-state index in [0.717, 1.165) is 0 Å². The van der Waals surface area contributed by atoms with Gasteiger partial charge in [0.2, 0.25) is 0 Å². The fourth-order valence-electron chi connectivity index (χ4n) is 5.89. The Morgan fingerprint density at radius 1 is 0.486 bits per heavy atom. The van der Waals surface area contributed by atoms with E-state index in [9.17, 15) is 98.1 Å². The lowest BCUT2D eigenvalue weighted by molar-refractivity contribution is -0.870. The second kappa shape index (κ2) is 30.4. The number of likely N-dealkylation sites (N-methyl/N-ethyl adjacent to an activating group) is 1. The number of alkyl halides is 18. The van der Waals surface area contributed by atoms with Crippen LogP contribution in [0.4, 0.5) is 79.0 Å². The molecule has 72 heavy (non-hydrogen) atoms. The van der Waals surface area contributed by atoms with Gasteiger partial charge in [0.1, 0.15) is 19.8 Å². The highest BCUT2D eigenvalue weighted by Gasteiger charge is 2.82. The Balaban J connectivity index is 4.69. The second-order valence-corrected chi connectivity index (χ2v) is 19.2. The molecule has 0 aromatic carbocycles. The van der Waals surface area contributed by atoms with Crippen molar-refractivity contribution < 1.29 is 121 Å². The lowest BCUT2D eigenvalue weighted by Crippen LogP contribution is -2.60. The van der Waals surface area contributed by atoms with Gasteiger partial charge in [0.25, 0.3) is 7.82 Å². The van der Waals surface area contributed by atoms with E-state index in [0.29, 0.717) is 88.1 Å². The number of nitrogens with zero attached hydrogens (tertiary/aromatic N) is 1. The van der Waals surface area contributed by atoms with E-state index < -0.39 is 113 Å². The number of carbonyl (C=O) groups excluding carboxylic acids is 2. The van der Waals surface area contributed by atoms with Gasteiger partial charge in [0, 0.05) is 51.4 Å². The summed E-state index contributed by atoms with van der Waals surface area (Å²) in [5.41, 5.74) is 0. The lowest BCUT2D eigenvalue weighted by Gasteiger charge is -2.33. The molecule has 0 N–H and O–H groups in total. The molecule has 0 rings (SSSR count). The summed E-state index contributed by atoms with van der Waals surface area (Å²) in [4.78, 5) is 37.4. The normalized spacial score (nSPS) is 14.7. The maximum atomic E-state index is 13.6. The number of rotatable bonds is 36. The minimum absolute atomic E-state index is 0.0616. The van der Waals surface area contributed by atoms with Gasteiger partial charge in [0.05, 0.1) is 27.7 Å². The predicted octanol–water partition coefficient (Wildman–Crippen LogP) is 13.2. The molecule has 0 aromatic heterocycles. The maximum Gasteiger partial charge on any atom is 0.460 e. The maximum absolute atomic E-state index is 13.6. The van der Waals surface area contributed by atoms with Crippen LogP contribution >= 0.6 is 7.82 Å². The summed E-state index contributed by atoms with van der Waals surface area (Å²) in [6.45, 7) is -1.22. The zero-order valence-corrected chi connectivity index (χ0v) is 40.8. The molecule has 0 saturated heterocycles. The van der Waals surface area contributed by atoms with Crippen LogP contribution in [0.3, 0.4) is 0 Å². The van der Waals surface area contributed by atoms with Crippen LogP contribution in [-0.2, 0) is 32.7 Å². The quantitative estimate of drug-likeness (QED) is 0.0152. The van der Waals surface area contributed by atoms with Crippen LogP contribution in [-0.4, -0.2) is 118 Å². The molecular formula is C44H62F18NO8P. The third-order valence-electron chi connectivity index (χ3n) is 10.3. The molecule has 9 nitrogen and oxygen atoms in total. The zero-order valence-electron chi connectivity index (χ0n) is 39.9. The van der Waals surface area contributed by atoms with Gasteiger partial charge in [-0.3, -0.25) is 14.2 Å². The van der Waals surface area contributed by atoms with E-state index >= 15 is 0 Å². The summed E-state index contributed by atoms with van der Waals surface area (Å²) < 4.78 is 266. The predicted molar refractivity (Wildman–Crippen MR) is 222 cm³/mol. The first-order valence-electron chi connectivity index (χ1n) is 22.9. The molecule has 0 aromatic rings. The van der Waals surface area contributed by atoms with Gasteiger partial charge in [-0.05, 0) is 51.4 Å². The molecule has 28 heteroatoms. The molecule has 422 valence electrons. The smallest absolute Gasteiger partial charge is 0.460 e. The molecule has 0 fully saturated rings.